The van der Waals surface area contributed by atoms with Crippen LogP contribution in [0.25, 0.3) is 0 Å². The summed E-state index contributed by atoms with van der Waals surface area (Å²) >= 11 is 0. The van der Waals surface area contributed by atoms with Crippen molar-refractivity contribution < 1.29 is 24.0 Å². The molecule has 3 rings (SSSR count). The van der Waals surface area contributed by atoms with Crippen LogP contribution < -0.4 is 16.4 Å². The first kappa shape index (κ1) is 26.2. The van der Waals surface area contributed by atoms with Crippen molar-refractivity contribution in [3.05, 3.63) is 0 Å². The van der Waals surface area contributed by atoms with Crippen LogP contribution >= 0.6 is 0 Å². The molecule has 0 radical (unpaired) electrons. The van der Waals surface area contributed by atoms with Crippen LogP contribution in [0.15, 0.2) is 0 Å². The lowest BCUT2D eigenvalue weighted by atomic mass is 9.96. The number of primary amides is 1. The monoisotopic (exact) mass is 476 g/mol. The Morgan fingerprint density at radius 2 is 1.65 bits per heavy atom. The number of rotatable bonds is 10. The second-order valence-electron chi connectivity index (χ2n) is 11.8. The molecule has 2 saturated carbocycles. The summed E-state index contributed by atoms with van der Waals surface area (Å²) in [5.74, 6) is -2.44. The molecule has 9 heteroatoms. The van der Waals surface area contributed by atoms with Gasteiger partial charge in [-0.05, 0) is 47.8 Å². The highest BCUT2D eigenvalue weighted by Gasteiger charge is 2.69. The molecule has 1 saturated heterocycles. The van der Waals surface area contributed by atoms with Crippen LogP contribution in [0.5, 0.6) is 0 Å². The van der Waals surface area contributed by atoms with Gasteiger partial charge in [-0.3, -0.25) is 24.0 Å². The molecule has 0 aromatic rings. The molecular weight excluding hydrogens is 436 g/mol. The minimum Gasteiger partial charge on any atom is -0.363 e. The van der Waals surface area contributed by atoms with E-state index in [1.807, 2.05) is 13.8 Å². The third-order valence-corrected chi connectivity index (χ3v) is 8.21. The predicted molar refractivity (Wildman–Crippen MR) is 126 cm³/mol. The van der Waals surface area contributed by atoms with Crippen LogP contribution in [-0.2, 0) is 24.0 Å². The second kappa shape index (κ2) is 9.30. The molecule has 0 aromatic carbocycles. The molecule has 0 spiro atoms. The lowest BCUT2D eigenvalue weighted by molar-refractivity contribution is -0.145. The molecule has 0 bridgehead atoms. The Bertz CT molecular complexity index is 883. The summed E-state index contributed by atoms with van der Waals surface area (Å²) in [7, 11) is 0. The molecule has 4 amide bonds. The lowest BCUT2D eigenvalue weighted by Gasteiger charge is -2.35. The van der Waals surface area contributed by atoms with Gasteiger partial charge in [-0.25, -0.2) is 0 Å². The normalized spacial score (nSPS) is 30.4. The maximum absolute atomic E-state index is 13.6. The molecule has 1 aliphatic heterocycles. The summed E-state index contributed by atoms with van der Waals surface area (Å²) < 4.78 is 0. The van der Waals surface area contributed by atoms with E-state index in [9.17, 15) is 24.0 Å². The molecule has 9 nitrogen and oxygen atoms in total. The minimum absolute atomic E-state index is 0.0470. The van der Waals surface area contributed by atoms with Crippen LogP contribution in [0.3, 0.4) is 0 Å². The number of hydrogen-bond acceptors (Lipinski definition) is 5. The smallest absolute Gasteiger partial charge is 0.287 e. The molecule has 7 atom stereocenters. The van der Waals surface area contributed by atoms with E-state index in [1.165, 1.54) is 0 Å². The van der Waals surface area contributed by atoms with Crippen LogP contribution in [0, 0.1) is 40.9 Å². The number of carbonyl (C=O) groups excluding carboxylic acids is 5. The van der Waals surface area contributed by atoms with Crippen molar-refractivity contribution >= 4 is 29.4 Å². The average molecular weight is 477 g/mol. The number of Topliss-reactive ketones (excluding diaryl/α,β-unsaturated/α-hetero) is 1. The Hall–Kier alpha value is -2.45. The number of ketones is 1. The van der Waals surface area contributed by atoms with Gasteiger partial charge in [0.25, 0.3) is 5.91 Å². The summed E-state index contributed by atoms with van der Waals surface area (Å²) in [4.78, 5) is 65.1. The van der Waals surface area contributed by atoms with E-state index >= 15 is 0 Å². The van der Waals surface area contributed by atoms with Gasteiger partial charge in [-0.1, -0.05) is 48.5 Å². The Morgan fingerprint density at radius 3 is 2.12 bits per heavy atom. The number of nitrogens with one attached hydrogen (secondary N) is 2. The fourth-order valence-corrected chi connectivity index (χ4v) is 5.52. The zero-order valence-corrected chi connectivity index (χ0v) is 21.4. The summed E-state index contributed by atoms with van der Waals surface area (Å²) in [6.07, 6.45) is 1.31. The Labute approximate surface area is 201 Å². The van der Waals surface area contributed by atoms with Crippen molar-refractivity contribution in [2.24, 2.45) is 46.7 Å². The van der Waals surface area contributed by atoms with Crippen molar-refractivity contribution in [3.8, 4) is 0 Å². The Balaban J connectivity index is 1.81. The third kappa shape index (κ3) is 4.98. The fraction of sp³-hybridized carbons (Fsp3) is 0.800. The van der Waals surface area contributed by atoms with Gasteiger partial charge in [0.1, 0.15) is 12.1 Å². The number of carbonyl (C=O) groups is 5. The Morgan fingerprint density at radius 1 is 1.06 bits per heavy atom. The highest BCUT2D eigenvalue weighted by Crippen LogP contribution is 2.65. The first-order chi connectivity index (χ1) is 15.7. The average Bonchev–Trinajstić information content (AvgIpc) is 3.47. The standard InChI is InChI=1S/C25H40N4O5/c1-11(2)18(28-22(32)12(3)4)24(34)29-10-15-17(25(15,6)7)19(29)23(33)27-16(20(30)21(26)31)9-14-8-13(14)5/h11-19H,8-10H2,1-7H3,(H2,26,31)(H,27,33)(H,28,32)/t13-,14+,15-,16?,17?,18-,19-/m0/s1. The molecule has 3 fully saturated rings. The van der Waals surface area contributed by atoms with E-state index in [0.29, 0.717) is 18.9 Å². The number of nitrogens with two attached hydrogens (primary N) is 1. The summed E-state index contributed by atoms with van der Waals surface area (Å²) in [5.41, 5.74) is 5.14. The quantitative estimate of drug-likeness (QED) is 0.401. The SMILES string of the molecule is CC(C)C(=O)N[C@H](C(=O)N1C[C@H]2C([C@H]1C(=O)NC(C[C@H]1C[C@@H]1C)C(=O)C(N)=O)C2(C)C)C(C)C. The number of hydrogen-bond donors (Lipinski definition) is 3. The number of piperidine rings is 1. The topological polar surface area (TPSA) is 139 Å². The van der Waals surface area contributed by atoms with Gasteiger partial charge in [0.2, 0.25) is 23.5 Å². The highest BCUT2D eigenvalue weighted by atomic mass is 16.2. The maximum atomic E-state index is 13.6. The molecule has 4 N–H and O–H groups in total. The van der Waals surface area contributed by atoms with Gasteiger partial charge in [-0.15, -0.1) is 0 Å². The number of fused-ring (bicyclic) bond motifs is 1. The minimum atomic E-state index is -1.07. The van der Waals surface area contributed by atoms with E-state index in [1.54, 1.807) is 18.7 Å². The molecule has 2 aliphatic carbocycles. The molecule has 0 aromatic heterocycles. The zero-order chi connectivity index (χ0) is 25.7. The van der Waals surface area contributed by atoms with Crippen LogP contribution in [0.4, 0.5) is 0 Å². The predicted octanol–water partition coefficient (Wildman–Crippen LogP) is 0.852. The molecular formula is C25H40N4O5. The van der Waals surface area contributed by atoms with E-state index in [0.717, 1.165) is 6.42 Å². The van der Waals surface area contributed by atoms with E-state index in [4.69, 9.17) is 5.73 Å². The van der Waals surface area contributed by atoms with Crippen molar-refractivity contribution in [3.63, 3.8) is 0 Å². The first-order valence-electron chi connectivity index (χ1n) is 12.4. The van der Waals surface area contributed by atoms with Gasteiger partial charge >= 0.3 is 0 Å². The number of nitrogens with zero attached hydrogens (tertiary/aromatic N) is 1. The number of amides is 4. The fourth-order valence-electron chi connectivity index (χ4n) is 5.52. The van der Waals surface area contributed by atoms with Gasteiger partial charge in [0, 0.05) is 12.5 Å². The zero-order valence-electron chi connectivity index (χ0n) is 21.4. The third-order valence-electron chi connectivity index (χ3n) is 8.21. The van der Waals surface area contributed by atoms with E-state index in [-0.39, 0.29) is 46.8 Å². The largest absolute Gasteiger partial charge is 0.363 e. The second-order valence-corrected chi connectivity index (χ2v) is 11.8. The summed E-state index contributed by atoms with van der Waals surface area (Å²) in [6, 6.07) is -2.50. The van der Waals surface area contributed by atoms with Crippen LogP contribution in [0.1, 0.15) is 61.3 Å². The van der Waals surface area contributed by atoms with Crippen molar-refractivity contribution in [2.45, 2.75) is 79.4 Å². The van der Waals surface area contributed by atoms with Gasteiger partial charge in [0.05, 0.1) is 6.04 Å². The Kier molecular flexibility index (Phi) is 7.16. The van der Waals surface area contributed by atoms with Gasteiger partial charge in [-0.2, -0.15) is 0 Å². The van der Waals surface area contributed by atoms with Crippen molar-refractivity contribution in [2.75, 3.05) is 6.54 Å². The molecule has 3 aliphatic rings. The molecule has 2 unspecified atom stereocenters. The van der Waals surface area contributed by atoms with Gasteiger partial charge in [0.15, 0.2) is 0 Å². The molecule has 190 valence electrons. The van der Waals surface area contributed by atoms with Crippen molar-refractivity contribution in [1.29, 1.82) is 0 Å². The van der Waals surface area contributed by atoms with Gasteiger partial charge < -0.3 is 21.3 Å². The summed E-state index contributed by atoms with van der Waals surface area (Å²) in [6.45, 7) is 13.9. The van der Waals surface area contributed by atoms with Crippen LogP contribution in [-0.4, -0.2) is 59.0 Å². The molecule has 1 heterocycles. The van der Waals surface area contributed by atoms with Crippen LogP contribution in [0.2, 0.25) is 0 Å². The highest BCUT2D eigenvalue weighted by molar-refractivity contribution is 6.37. The first-order valence-corrected chi connectivity index (χ1v) is 12.4. The maximum Gasteiger partial charge on any atom is 0.287 e. The van der Waals surface area contributed by atoms with Crippen molar-refractivity contribution in [1.82, 2.24) is 15.5 Å². The summed E-state index contributed by atoms with van der Waals surface area (Å²) in [5, 5.41) is 5.61. The van der Waals surface area contributed by atoms with E-state index in [2.05, 4.69) is 31.4 Å². The lowest BCUT2D eigenvalue weighted by Crippen LogP contribution is -2.59. The van der Waals surface area contributed by atoms with E-state index < -0.39 is 35.7 Å². The molecule has 34 heavy (non-hydrogen) atoms. The number of likely N-dealkylation sites (tertiary alicyclic amines) is 1.